The topological polar surface area (TPSA) is 476 Å². The number of hydrogen-bond donors (Lipinski definition) is 7. The van der Waals surface area contributed by atoms with Gasteiger partial charge in [-0.3, -0.25) is 57.7 Å². The predicted molar refractivity (Wildman–Crippen MR) is 482 cm³/mol. The number of esters is 2. The number of aromatic nitrogens is 4. The zero-order chi connectivity index (χ0) is 94.4. The van der Waals surface area contributed by atoms with Gasteiger partial charge in [0.15, 0.2) is 27.3 Å². The van der Waals surface area contributed by atoms with Crippen molar-refractivity contribution in [3.63, 3.8) is 0 Å². The van der Waals surface area contributed by atoms with Crippen LogP contribution in [0.3, 0.4) is 0 Å². The minimum atomic E-state index is -3.87. The lowest BCUT2D eigenvalue weighted by Crippen LogP contribution is -2.63. The summed E-state index contributed by atoms with van der Waals surface area (Å²) in [5.74, 6) is -9.60. The third kappa shape index (κ3) is 26.4. The van der Waals surface area contributed by atoms with Gasteiger partial charge in [0, 0.05) is 127 Å². The Morgan fingerprint density at radius 1 is 0.777 bits per heavy atom. The van der Waals surface area contributed by atoms with E-state index in [9.17, 15) is 66.6 Å². The van der Waals surface area contributed by atoms with E-state index in [0.29, 0.717) is 42.0 Å². The normalized spacial score (nSPS) is 27.6. The van der Waals surface area contributed by atoms with E-state index in [1.807, 2.05) is 75.9 Å². The molecular formula is C92H122N16O20S2. The average molecular weight is 1840 g/mol. The van der Waals surface area contributed by atoms with Crippen LogP contribution >= 0.6 is 11.8 Å². The fourth-order valence-corrected chi connectivity index (χ4v) is 20.7. The number of amides is 9. The fraction of sp³-hybridized carbons (Fsp3) is 0.533. The molecule has 11 heterocycles. The summed E-state index contributed by atoms with van der Waals surface area (Å²) in [5.41, 5.74) is 7.05. The number of allylic oxidation sites excluding steroid dienone is 2. The summed E-state index contributed by atoms with van der Waals surface area (Å²) in [6.45, 7) is 19.0. The highest BCUT2D eigenvalue weighted by Gasteiger charge is 2.52. The number of thioether (sulfide) groups is 1. The number of nitrogens with two attached hydrogens (primary N) is 1. The number of likely N-dealkylation sites (N-methyl/N-ethyl adjacent to an activating group) is 1. The van der Waals surface area contributed by atoms with Gasteiger partial charge < -0.3 is 85.4 Å². The number of nitrogens with one attached hydrogen (secondary N) is 4. The molecule has 0 saturated carbocycles. The molecule has 0 aliphatic carbocycles. The van der Waals surface area contributed by atoms with E-state index in [-0.39, 0.29) is 130 Å². The van der Waals surface area contributed by atoms with Gasteiger partial charge in [-0.15, -0.1) is 0 Å². The van der Waals surface area contributed by atoms with Crippen LogP contribution in [0.5, 0.6) is 5.75 Å². The van der Waals surface area contributed by atoms with Crippen molar-refractivity contribution >= 4 is 104 Å². The number of nitrogens with zero attached hydrogens (tertiary/aromatic N) is 11. The van der Waals surface area contributed by atoms with Crippen molar-refractivity contribution in [1.29, 1.82) is 0 Å². The van der Waals surface area contributed by atoms with E-state index >= 15 is 14.4 Å². The summed E-state index contributed by atoms with van der Waals surface area (Å²) in [6.07, 6.45) is 13.3. The van der Waals surface area contributed by atoms with Crippen LogP contribution in [-0.2, 0) is 80.1 Å². The lowest BCUT2D eigenvalue weighted by Gasteiger charge is -2.45. The van der Waals surface area contributed by atoms with Gasteiger partial charge in [-0.05, 0) is 132 Å². The number of sulfone groups is 1. The Labute approximate surface area is 762 Å². The molecule has 3 aromatic heterocycles. The molecular weight excluding hydrogens is 1710 g/mol. The number of fused-ring (bicyclic) bond motifs is 8. The Morgan fingerprint density at radius 2 is 1.50 bits per heavy atom. The van der Waals surface area contributed by atoms with Crippen LogP contribution in [0, 0.1) is 23.7 Å². The van der Waals surface area contributed by atoms with Crippen molar-refractivity contribution in [1.82, 2.24) is 70.6 Å². The Bertz CT molecular complexity index is 5050. The van der Waals surface area contributed by atoms with Gasteiger partial charge in [-0.25, -0.2) is 33.0 Å². The number of ketones is 2. The van der Waals surface area contributed by atoms with Crippen molar-refractivity contribution in [2.45, 2.75) is 191 Å². The van der Waals surface area contributed by atoms with Gasteiger partial charge in [0.25, 0.3) is 17.7 Å². The highest BCUT2D eigenvalue weighted by Crippen LogP contribution is 2.38. The SMILES string of the molecule is CCN(CC)CCS(=O)(=O)[C@@H]1CCN2C(=O)c3coc(n3)CC(=O)C[C@H](O)/C=C(C)\C=C/CNC(=O)/C=C\[C@@H](C)[C@@H](C(C)C)OC(=O)[C@@H]12.CC[C@@H]1NC(=O)[C@@H](NC(=O)c2ncccc2O)[C@@H](C)OC(=O)[C@H](c2ccccc2)NC(=O)[C@@H]2CC(=O)[C@H](CS[C@@H]3C[N@]4CC[C@H]3CC4)CN2C(=O)[C@H](Cc2ccc(N(C)C)cc2)N(C)C(=O)[C@@H]2CCCN2C1=O.NC(=O)c1cnccn1. The number of piperidine rings is 4. The summed E-state index contributed by atoms with van der Waals surface area (Å²) in [6, 6.07) is 8.81. The van der Waals surface area contributed by atoms with E-state index in [1.54, 1.807) is 81.1 Å². The molecule has 14 atom stereocenters. The first kappa shape index (κ1) is 101. The first-order chi connectivity index (χ1) is 62.0. The van der Waals surface area contributed by atoms with Crippen LogP contribution < -0.4 is 31.9 Å². The number of anilines is 1. The number of primary amides is 1. The highest BCUT2D eigenvalue weighted by molar-refractivity contribution is 8.00. The molecule has 5 aromatic rings. The first-order valence-electron chi connectivity index (χ1n) is 44.3. The number of pyridine rings is 1. The third-order valence-corrected chi connectivity index (χ3v) is 28.4. The zero-order valence-electron chi connectivity index (χ0n) is 75.5. The van der Waals surface area contributed by atoms with Crippen LogP contribution in [0.1, 0.15) is 161 Å². The van der Waals surface area contributed by atoms with E-state index in [2.05, 4.69) is 46.1 Å². The van der Waals surface area contributed by atoms with Gasteiger partial charge in [0.05, 0.1) is 29.7 Å². The maximum Gasteiger partial charge on any atom is 0.333 e. The number of aliphatic hydroxyl groups is 1. The second-order valence-electron chi connectivity index (χ2n) is 34.2. The monoisotopic (exact) mass is 1830 g/mol. The largest absolute Gasteiger partial charge is 0.505 e. The van der Waals surface area contributed by atoms with Crippen LogP contribution in [0.15, 0.2) is 138 Å². The molecule has 7 saturated heterocycles. The van der Waals surface area contributed by atoms with Crippen LogP contribution in [0.25, 0.3) is 0 Å². The molecule has 0 unspecified atom stereocenters. The lowest BCUT2D eigenvalue weighted by molar-refractivity contribution is -0.158. The Hall–Kier alpha value is -11.6. The number of benzene rings is 2. The second kappa shape index (κ2) is 46.8. The van der Waals surface area contributed by atoms with Crippen LogP contribution in [0.2, 0.25) is 0 Å². The molecule has 8 aliphatic rings. The number of ether oxygens (including phenoxy) is 2. The van der Waals surface area contributed by atoms with Crippen molar-refractivity contribution in [3.8, 4) is 5.75 Å². The second-order valence-corrected chi connectivity index (χ2v) is 37.9. The molecule has 8 aliphatic heterocycles. The zero-order valence-corrected chi connectivity index (χ0v) is 77.1. The summed E-state index contributed by atoms with van der Waals surface area (Å²) in [4.78, 5) is 208. The van der Waals surface area contributed by atoms with E-state index < -0.39 is 158 Å². The molecule has 702 valence electrons. The Kier molecular flexibility index (Phi) is 36.2. The van der Waals surface area contributed by atoms with Gasteiger partial charge in [-0.1, -0.05) is 114 Å². The molecule has 36 nitrogen and oxygen atoms in total. The molecule has 0 radical (unpaired) electrons. The van der Waals surface area contributed by atoms with Crippen molar-refractivity contribution in [3.05, 3.63) is 168 Å². The quantitative estimate of drug-likeness (QED) is 0.0605. The molecule has 7 fully saturated rings. The number of rotatable bonds is 18. The fourth-order valence-electron chi connectivity index (χ4n) is 17.2. The number of aromatic hydroxyl groups is 1. The van der Waals surface area contributed by atoms with Gasteiger partial charge >= 0.3 is 11.9 Å². The molecule has 13 rings (SSSR count). The molecule has 0 spiro atoms. The number of carbonyl (C=O) groups excluding carboxylic acids is 13. The molecule has 2 aromatic carbocycles. The van der Waals surface area contributed by atoms with Crippen molar-refractivity contribution < 1.29 is 94.9 Å². The molecule has 130 heavy (non-hydrogen) atoms. The van der Waals surface area contributed by atoms with E-state index in [0.717, 1.165) is 54.9 Å². The third-order valence-electron chi connectivity index (χ3n) is 24.6. The number of aliphatic hydroxyl groups excluding tert-OH is 1. The predicted octanol–water partition coefficient (Wildman–Crippen LogP) is 4.17. The number of cyclic esters (lactones) is 2. The van der Waals surface area contributed by atoms with Gasteiger partial charge in [0.2, 0.25) is 41.3 Å². The minimum Gasteiger partial charge on any atom is -0.505 e. The molecule has 8 N–H and O–H groups in total. The number of oxazole rings is 1. The molecule has 4 bridgehead atoms. The van der Waals surface area contributed by atoms with Crippen LogP contribution in [-0.4, -0.2) is 308 Å². The lowest BCUT2D eigenvalue weighted by atomic mass is 9.88. The average Bonchev–Trinajstić information content (AvgIpc) is 1.19. The number of Topliss-reactive ketones (excluding diaryl/α,β-unsaturated/α-hetero) is 2. The summed E-state index contributed by atoms with van der Waals surface area (Å²) in [7, 11) is 1.46. The maximum atomic E-state index is 15.7. The first-order valence-corrected chi connectivity index (χ1v) is 47.0. The van der Waals surface area contributed by atoms with Crippen molar-refractivity contribution in [2.24, 2.45) is 29.4 Å². The molecule has 38 heteroatoms. The highest BCUT2D eigenvalue weighted by atomic mass is 32.2. The maximum absolute atomic E-state index is 15.7. The van der Waals surface area contributed by atoms with E-state index in [1.165, 1.54) is 77.7 Å². The number of carbonyl (C=O) groups is 13. The van der Waals surface area contributed by atoms with Crippen LogP contribution in [0.4, 0.5) is 5.69 Å². The molecule has 9 amide bonds. The van der Waals surface area contributed by atoms with E-state index in [4.69, 9.17) is 19.6 Å². The number of hydrogen-bond acceptors (Lipinski definition) is 28. The summed E-state index contributed by atoms with van der Waals surface area (Å²) >= 11 is 1.73. The summed E-state index contributed by atoms with van der Waals surface area (Å²) in [5, 5.41) is 30.8. The summed E-state index contributed by atoms with van der Waals surface area (Å²) < 4.78 is 44.9. The van der Waals surface area contributed by atoms with Crippen molar-refractivity contribution in [2.75, 3.05) is 103 Å². The van der Waals surface area contributed by atoms with Gasteiger partial charge in [0.1, 0.15) is 77.7 Å². The Morgan fingerprint density at radius 3 is 2.14 bits per heavy atom. The standard InChI is InChI=1S/C53H67N9O10S.C34H50N4O9S.C5H5N3O/c1-6-37-50(68)61-23-11-14-38(61)51(69)59(5)40(26-32-16-18-36(19-17-32)58(3)4)52(70)62-28-35(30-73-43-29-60-24-20-33(43)21-25-60)42(64)27-39(62)47(65)57-45(34-12-8-7-9-13-34)53(71)72-31(2)44(48(66)55-37)56-49(67)46-41(63)15-10-22-54-46;1-7-37(8-2)16-17-48(44,45)28-13-15-38-31(28)34(43)47-32(22(3)4)24(6)11-12-29(41)35-14-9-10-23(5)18-25(39)19-26(40)20-30-36-27(21-46-30)33(38)42;6-5(9)4-3-7-1-2-8-4/h7-10,12-13,15-19,22,31,33,35,37-40,43-45,63H,6,11,14,20-21,23-30H2,1-5H3,(H,55,66)(H,56,67)(H,57,65);9-12,18,21-22,24-25,28,31-32,39H,7-8,13-17,19-20H2,1-6H3,(H,35,41);1-3H,(H2,6,9)/b;10-9-,12-11-,23-18-;/t31-,35+,37+,38+,39+,40+,43-,44+,45+;24-,25-,28-,31-,32-;/m11./s1. The minimum absolute atomic E-state index is 0.0243. The van der Waals surface area contributed by atoms with Gasteiger partial charge in [-0.2, -0.15) is 11.8 Å². The smallest absolute Gasteiger partial charge is 0.333 e. The Balaban J connectivity index is 0.000000264.